The van der Waals surface area contributed by atoms with E-state index in [1.165, 1.54) is 0 Å². The highest BCUT2D eigenvalue weighted by Crippen LogP contribution is 1.87. The van der Waals surface area contributed by atoms with Crippen LogP contribution in [-0.2, 0) is 9.59 Å². The van der Waals surface area contributed by atoms with Gasteiger partial charge in [-0.2, -0.15) is 14.3 Å². The van der Waals surface area contributed by atoms with E-state index in [1.807, 2.05) is 0 Å². The lowest BCUT2D eigenvalue weighted by atomic mass is 10.8. The third kappa shape index (κ3) is 2.19. The molecule has 5 nitrogen and oxygen atoms in total. The normalized spacial score (nSPS) is 6.67. The van der Waals surface area contributed by atoms with Crippen molar-refractivity contribution in [2.24, 2.45) is 4.99 Å². The number of hydrogen-bond acceptors (Lipinski definition) is 4. The Morgan fingerprint density at radius 1 is 1.67 bits per heavy atom. The molecule has 9 heavy (non-hydrogen) atoms. The van der Waals surface area contributed by atoms with E-state index < -0.39 is 5.82 Å². The minimum atomic E-state index is -0.528. The number of hydroxylamine groups is 1. The minimum absolute atomic E-state index is 0.301. The summed E-state index contributed by atoms with van der Waals surface area (Å²) < 4.78 is -0.301. The van der Waals surface area contributed by atoms with E-state index in [9.17, 15) is 14.8 Å². The topological polar surface area (TPSA) is 72.6 Å². The number of rotatable bonds is 2. The highest BCUT2D eigenvalue weighted by molar-refractivity contribution is 5.36. The summed E-state index contributed by atoms with van der Waals surface area (Å²) in [5, 5.41) is 10.0. The molecule has 0 aromatic rings. The van der Waals surface area contributed by atoms with Crippen molar-refractivity contribution < 1.29 is 14.3 Å². The summed E-state index contributed by atoms with van der Waals surface area (Å²) in [6.07, 6.45) is 1.94. The Morgan fingerprint density at radius 3 is 2.56 bits per heavy atom. The molecule has 5 heteroatoms. The van der Waals surface area contributed by atoms with Gasteiger partial charge in [0.1, 0.15) is 0 Å². The number of hydrogen-bond donors (Lipinski definition) is 0. The monoisotopic (exact) mass is 126 g/mol. The van der Waals surface area contributed by atoms with E-state index in [-0.39, 0.29) is 4.74 Å². The second kappa shape index (κ2) is 3.32. The van der Waals surface area contributed by atoms with E-state index in [2.05, 4.69) is 11.6 Å². The first-order chi connectivity index (χ1) is 4.22. The van der Waals surface area contributed by atoms with Crippen LogP contribution in [0.25, 0.3) is 0 Å². The highest BCUT2D eigenvalue weighted by atomic mass is 16.5. The Morgan fingerprint density at radius 2 is 2.22 bits per heavy atom. The third-order valence-corrected chi connectivity index (χ3v) is 0.492. The van der Waals surface area contributed by atoms with Gasteiger partial charge in [0.05, 0.1) is 0 Å². The molecule has 0 aromatic carbocycles. The maximum absolute atomic E-state index is 10.0. The lowest BCUT2D eigenvalue weighted by molar-refractivity contribution is -0.398. The molecule has 0 radical (unpaired) electrons. The van der Waals surface area contributed by atoms with Crippen LogP contribution in [0.1, 0.15) is 0 Å². The predicted molar refractivity (Wildman–Crippen MR) is 26.6 cm³/mol. The molecule has 0 aliphatic heterocycles. The first-order valence-corrected chi connectivity index (χ1v) is 1.84. The minimum Gasteiger partial charge on any atom is -0.701 e. The van der Waals surface area contributed by atoms with Gasteiger partial charge in [0.2, 0.25) is 0 Å². The Hall–Kier alpha value is -1.70. The predicted octanol–water partition coefficient (Wildman–Crippen LogP) is -0.361. The average Bonchev–Trinajstić information content (AvgIpc) is 1.87. The van der Waals surface area contributed by atoms with Crippen LogP contribution in [-0.4, -0.2) is 16.9 Å². The van der Waals surface area contributed by atoms with Gasteiger partial charge < -0.3 is 5.21 Å². The van der Waals surface area contributed by atoms with Crippen LogP contribution in [0.15, 0.2) is 17.4 Å². The van der Waals surface area contributed by atoms with Gasteiger partial charge in [0.25, 0.3) is 0 Å². The van der Waals surface area contributed by atoms with Crippen molar-refractivity contribution in [3.63, 3.8) is 0 Å². The number of isocyanates is 2. The van der Waals surface area contributed by atoms with Gasteiger partial charge in [-0.1, -0.05) is 0 Å². The quantitative estimate of drug-likeness (QED) is 0.167. The molecular formula is C4H2N2O3. The Labute approximate surface area is 50.2 Å². The SMILES string of the molecule is C=C(N=C=O)[N+]([O-])=C=O. The van der Waals surface area contributed by atoms with Crippen LogP contribution >= 0.6 is 0 Å². The molecule has 0 amide bonds. The van der Waals surface area contributed by atoms with Crippen molar-refractivity contribution >= 4 is 12.2 Å². The molecule has 0 heterocycles. The van der Waals surface area contributed by atoms with Gasteiger partial charge in [0.15, 0.2) is 0 Å². The largest absolute Gasteiger partial charge is 0.701 e. The van der Waals surface area contributed by atoms with Gasteiger partial charge >= 0.3 is 18.0 Å². The second-order valence-corrected chi connectivity index (χ2v) is 1.00. The molecule has 0 spiro atoms. The van der Waals surface area contributed by atoms with Crippen molar-refractivity contribution in [3.05, 3.63) is 17.6 Å². The standard InChI is InChI=1S/C4H2N2O3/c1-4(5-2-7)6(9)3-8/h1H2. The second-order valence-electron chi connectivity index (χ2n) is 1.00. The summed E-state index contributed by atoms with van der Waals surface area (Å²) >= 11 is 0. The first kappa shape index (κ1) is 7.30. The molecule has 0 saturated carbocycles. The molecule has 0 saturated heterocycles. The summed E-state index contributed by atoms with van der Waals surface area (Å²) in [5.41, 5.74) is 0. The summed E-state index contributed by atoms with van der Waals surface area (Å²) in [5.74, 6) is -0.528. The fourth-order valence-electron chi connectivity index (χ4n) is 0.151. The average molecular weight is 126 g/mol. The lowest BCUT2D eigenvalue weighted by Crippen LogP contribution is -1.96. The Balaban J connectivity index is 4.41. The Bertz CT molecular complexity index is 220. The van der Waals surface area contributed by atoms with Gasteiger partial charge in [0, 0.05) is 4.99 Å². The van der Waals surface area contributed by atoms with Gasteiger partial charge in [-0.05, 0) is 6.58 Å². The van der Waals surface area contributed by atoms with E-state index in [0.29, 0.717) is 0 Å². The molecule has 0 rings (SSSR count). The van der Waals surface area contributed by atoms with Crippen LogP contribution < -0.4 is 0 Å². The molecular weight excluding hydrogens is 124 g/mol. The number of aliphatic imine (C=N–C) groups is 1. The molecule has 0 N–H and O–H groups in total. The van der Waals surface area contributed by atoms with Crippen molar-refractivity contribution in [2.75, 3.05) is 0 Å². The third-order valence-electron chi connectivity index (χ3n) is 0.492. The summed E-state index contributed by atoms with van der Waals surface area (Å²) in [7, 11) is 0. The van der Waals surface area contributed by atoms with E-state index >= 15 is 0 Å². The van der Waals surface area contributed by atoms with Crippen LogP contribution in [0.3, 0.4) is 0 Å². The molecule has 0 aliphatic carbocycles. The molecule has 0 bridgehead atoms. The van der Waals surface area contributed by atoms with E-state index in [0.717, 1.165) is 12.2 Å². The molecule has 0 aliphatic rings. The zero-order chi connectivity index (χ0) is 7.28. The maximum atomic E-state index is 10.0. The molecule has 0 aromatic heterocycles. The van der Waals surface area contributed by atoms with Gasteiger partial charge in [-0.25, -0.2) is 0 Å². The fourth-order valence-corrected chi connectivity index (χ4v) is 0.151. The fraction of sp³-hybridized carbons (Fsp3) is 0. The zero-order valence-corrected chi connectivity index (χ0v) is 4.33. The maximum Gasteiger partial charge on any atom is 0.372 e. The van der Waals surface area contributed by atoms with Crippen LogP contribution in [0, 0.1) is 5.21 Å². The zero-order valence-electron chi connectivity index (χ0n) is 4.33. The number of carbonyl (C=O) groups excluding carboxylic acids is 2. The van der Waals surface area contributed by atoms with E-state index in [1.54, 1.807) is 0 Å². The van der Waals surface area contributed by atoms with Gasteiger partial charge in [-0.3, -0.25) is 0 Å². The van der Waals surface area contributed by atoms with Crippen molar-refractivity contribution in [1.29, 1.82) is 0 Å². The molecule has 0 fully saturated rings. The summed E-state index contributed by atoms with van der Waals surface area (Å²) in [6, 6.07) is 0. The summed E-state index contributed by atoms with van der Waals surface area (Å²) in [4.78, 5) is 21.6. The van der Waals surface area contributed by atoms with E-state index in [4.69, 9.17) is 0 Å². The Kier molecular flexibility index (Phi) is 2.69. The lowest BCUT2D eigenvalue weighted by Gasteiger charge is -1.92. The highest BCUT2D eigenvalue weighted by Gasteiger charge is 1.97. The molecule has 46 valence electrons. The van der Waals surface area contributed by atoms with Crippen LogP contribution in [0.5, 0.6) is 0 Å². The smallest absolute Gasteiger partial charge is 0.372 e. The van der Waals surface area contributed by atoms with Crippen molar-refractivity contribution in [3.8, 4) is 0 Å². The number of nitrogens with zero attached hydrogens (tertiary/aromatic N) is 2. The van der Waals surface area contributed by atoms with Crippen LogP contribution in [0.2, 0.25) is 0 Å². The van der Waals surface area contributed by atoms with Crippen molar-refractivity contribution in [2.45, 2.75) is 0 Å². The molecule has 0 unspecified atom stereocenters. The van der Waals surface area contributed by atoms with Gasteiger partial charge in [-0.15, -0.1) is 0 Å². The molecule has 0 atom stereocenters. The summed E-state index contributed by atoms with van der Waals surface area (Å²) in [6.45, 7) is 2.94. The van der Waals surface area contributed by atoms with Crippen LogP contribution in [0.4, 0.5) is 0 Å². The first-order valence-electron chi connectivity index (χ1n) is 1.84. The van der Waals surface area contributed by atoms with Crippen molar-refractivity contribution in [1.82, 2.24) is 0 Å².